The van der Waals surface area contributed by atoms with Crippen molar-refractivity contribution >= 4 is 11.7 Å². The zero-order valence-electron chi connectivity index (χ0n) is 18.0. The van der Waals surface area contributed by atoms with Gasteiger partial charge >= 0.3 is 0 Å². The van der Waals surface area contributed by atoms with E-state index in [2.05, 4.69) is 47.4 Å². The number of amides is 1. The van der Waals surface area contributed by atoms with Crippen LogP contribution in [0.4, 0.5) is 5.82 Å². The first-order chi connectivity index (χ1) is 14.3. The van der Waals surface area contributed by atoms with Crippen LogP contribution in [0.25, 0.3) is 0 Å². The number of rotatable bonds is 5. The van der Waals surface area contributed by atoms with Crippen molar-refractivity contribution < 1.29 is 4.79 Å². The molecule has 2 heterocycles. The number of aromatic nitrogens is 2. The van der Waals surface area contributed by atoms with Gasteiger partial charge in [-0.05, 0) is 59.7 Å². The molecule has 0 atom stereocenters. The van der Waals surface area contributed by atoms with Gasteiger partial charge in [0, 0.05) is 36.5 Å². The fraction of sp³-hybridized carbons (Fsp3) is 0.292. The minimum atomic E-state index is -0.224. The molecule has 2 aromatic rings. The molecule has 1 amide bonds. The molecule has 30 heavy (non-hydrogen) atoms. The van der Waals surface area contributed by atoms with Crippen molar-refractivity contribution in [3.8, 4) is 0 Å². The van der Waals surface area contributed by atoms with Gasteiger partial charge in [0.25, 0.3) is 5.91 Å². The van der Waals surface area contributed by atoms with Crippen LogP contribution in [-0.4, -0.2) is 15.9 Å². The van der Waals surface area contributed by atoms with Gasteiger partial charge in [-0.1, -0.05) is 32.9 Å². The first-order valence-corrected chi connectivity index (χ1v) is 10.0. The highest BCUT2D eigenvalue weighted by atomic mass is 16.1. The van der Waals surface area contributed by atoms with E-state index >= 15 is 0 Å². The smallest absolute Gasteiger partial charge is 0.259 e. The molecule has 4 N–H and O–H groups in total. The van der Waals surface area contributed by atoms with Crippen LogP contribution in [0.2, 0.25) is 0 Å². The number of anilines is 1. The van der Waals surface area contributed by atoms with Crippen LogP contribution in [0.3, 0.4) is 0 Å². The number of nitrogens with two attached hydrogens (primary N) is 1. The molecule has 156 valence electrons. The average molecular weight is 404 g/mol. The van der Waals surface area contributed by atoms with Gasteiger partial charge in [0.2, 0.25) is 0 Å². The lowest BCUT2D eigenvalue weighted by molar-refractivity contribution is 0.0967. The molecule has 6 heteroatoms. The lowest BCUT2D eigenvalue weighted by atomic mass is 9.83. The SMILES string of the molecule is CC1=C(N)C(C(C)(C)C)=CCC=C1NC(=O)c1cccnc1NCc1ccncc1. The molecule has 0 bridgehead atoms. The Balaban J connectivity index is 1.78. The summed E-state index contributed by atoms with van der Waals surface area (Å²) in [7, 11) is 0. The van der Waals surface area contributed by atoms with Crippen molar-refractivity contribution in [2.24, 2.45) is 11.1 Å². The molecule has 1 aliphatic carbocycles. The summed E-state index contributed by atoms with van der Waals surface area (Å²) in [6.07, 6.45) is 9.98. The Hall–Kier alpha value is -3.41. The molecular weight excluding hydrogens is 374 g/mol. The molecular formula is C24H29N5O. The molecule has 0 aliphatic heterocycles. The summed E-state index contributed by atoms with van der Waals surface area (Å²) < 4.78 is 0. The summed E-state index contributed by atoms with van der Waals surface area (Å²) in [5, 5.41) is 6.27. The Morgan fingerprint density at radius 1 is 1.13 bits per heavy atom. The predicted molar refractivity (Wildman–Crippen MR) is 120 cm³/mol. The second kappa shape index (κ2) is 8.95. The zero-order chi connectivity index (χ0) is 21.7. The summed E-state index contributed by atoms with van der Waals surface area (Å²) in [6, 6.07) is 7.35. The Morgan fingerprint density at radius 2 is 1.87 bits per heavy atom. The monoisotopic (exact) mass is 403 g/mol. The van der Waals surface area contributed by atoms with Crippen LogP contribution < -0.4 is 16.4 Å². The fourth-order valence-electron chi connectivity index (χ4n) is 3.37. The Kier molecular flexibility index (Phi) is 6.35. The quantitative estimate of drug-likeness (QED) is 0.692. The van der Waals surface area contributed by atoms with Crippen LogP contribution in [0, 0.1) is 5.41 Å². The number of allylic oxidation sites excluding steroid dienone is 4. The third kappa shape index (κ3) is 4.95. The molecule has 0 saturated carbocycles. The van der Waals surface area contributed by atoms with Crippen molar-refractivity contribution in [3.05, 3.63) is 88.7 Å². The highest BCUT2D eigenvalue weighted by Crippen LogP contribution is 2.33. The van der Waals surface area contributed by atoms with Crippen LogP contribution >= 0.6 is 0 Å². The molecule has 0 unspecified atom stereocenters. The van der Waals surface area contributed by atoms with Gasteiger partial charge < -0.3 is 16.4 Å². The Labute approximate surface area is 178 Å². The molecule has 0 fully saturated rings. The maximum Gasteiger partial charge on any atom is 0.259 e. The molecule has 3 rings (SSSR count). The van der Waals surface area contributed by atoms with Crippen LogP contribution in [0.5, 0.6) is 0 Å². The number of carbonyl (C=O) groups excluding carboxylic acids is 1. The summed E-state index contributed by atoms with van der Waals surface area (Å²) >= 11 is 0. The van der Waals surface area contributed by atoms with Gasteiger partial charge in [0.15, 0.2) is 0 Å². The first kappa shape index (κ1) is 21.3. The third-order valence-corrected chi connectivity index (χ3v) is 5.06. The summed E-state index contributed by atoms with van der Waals surface area (Å²) in [5.74, 6) is 0.307. The molecule has 0 saturated heterocycles. The largest absolute Gasteiger partial charge is 0.398 e. The number of hydrogen-bond donors (Lipinski definition) is 3. The summed E-state index contributed by atoms with van der Waals surface area (Å²) in [4.78, 5) is 21.4. The van der Waals surface area contributed by atoms with Crippen molar-refractivity contribution in [2.75, 3.05) is 5.32 Å². The molecule has 0 radical (unpaired) electrons. The predicted octanol–water partition coefficient (Wildman–Crippen LogP) is 4.31. The number of carbonyl (C=O) groups is 1. The number of hydrogen-bond acceptors (Lipinski definition) is 5. The van der Waals surface area contributed by atoms with Gasteiger partial charge in [0.05, 0.1) is 5.56 Å². The molecule has 1 aliphatic rings. The lowest BCUT2D eigenvalue weighted by Crippen LogP contribution is -2.26. The minimum absolute atomic E-state index is 0.0635. The Morgan fingerprint density at radius 3 is 2.57 bits per heavy atom. The second-order valence-corrected chi connectivity index (χ2v) is 8.32. The van der Waals surface area contributed by atoms with E-state index in [9.17, 15) is 4.79 Å². The van der Waals surface area contributed by atoms with Crippen molar-refractivity contribution in [1.29, 1.82) is 0 Å². The minimum Gasteiger partial charge on any atom is -0.398 e. The maximum atomic E-state index is 13.1. The van der Waals surface area contributed by atoms with Crippen LogP contribution in [0.1, 0.15) is 50.0 Å². The second-order valence-electron chi connectivity index (χ2n) is 8.32. The summed E-state index contributed by atoms with van der Waals surface area (Å²) in [5.41, 5.74) is 11.3. The van der Waals surface area contributed by atoms with E-state index in [1.54, 1.807) is 30.7 Å². The highest BCUT2D eigenvalue weighted by Gasteiger charge is 2.23. The topological polar surface area (TPSA) is 92.9 Å². The molecule has 0 spiro atoms. The zero-order valence-corrected chi connectivity index (χ0v) is 18.0. The Bertz CT molecular complexity index is 1010. The highest BCUT2D eigenvalue weighted by molar-refractivity contribution is 6.00. The summed E-state index contributed by atoms with van der Waals surface area (Å²) in [6.45, 7) is 8.90. The van der Waals surface area contributed by atoms with Crippen molar-refractivity contribution in [1.82, 2.24) is 15.3 Å². The van der Waals surface area contributed by atoms with Crippen molar-refractivity contribution in [3.63, 3.8) is 0 Å². The van der Waals surface area contributed by atoms with Crippen LogP contribution in [-0.2, 0) is 6.54 Å². The standard InChI is InChI=1S/C24H29N5O/c1-16-20(9-5-8-19(21(16)25)24(2,3)4)29-23(30)18-7-6-12-27-22(18)28-15-17-10-13-26-14-11-17/h6-14H,5,15,25H2,1-4H3,(H,27,28)(H,29,30). The van der Waals surface area contributed by atoms with Crippen molar-refractivity contribution in [2.45, 2.75) is 40.7 Å². The van der Waals surface area contributed by atoms with Crippen LogP contribution in [0.15, 0.2) is 77.5 Å². The lowest BCUT2D eigenvalue weighted by Gasteiger charge is -2.24. The van der Waals surface area contributed by atoms with E-state index in [0.29, 0.717) is 30.0 Å². The fourth-order valence-corrected chi connectivity index (χ4v) is 3.37. The van der Waals surface area contributed by atoms with Gasteiger partial charge in [-0.2, -0.15) is 0 Å². The van der Waals surface area contributed by atoms with E-state index in [-0.39, 0.29) is 11.3 Å². The van der Waals surface area contributed by atoms with Gasteiger partial charge in [-0.3, -0.25) is 9.78 Å². The number of nitrogens with one attached hydrogen (secondary N) is 2. The number of nitrogens with zero attached hydrogens (tertiary/aromatic N) is 2. The van der Waals surface area contributed by atoms with E-state index < -0.39 is 0 Å². The van der Waals surface area contributed by atoms with E-state index in [0.717, 1.165) is 22.4 Å². The van der Waals surface area contributed by atoms with E-state index in [4.69, 9.17) is 5.73 Å². The van der Waals surface area contributed by atoms with Gasteiger partial charge in [-0.15, -0.1) is 0 Å². The third-order valence-electron chi connectivity index (χ3n) is 5.06. The maximum absolute atomic E-state index is 13.1. The average Bonchev–Trinajstić information content (AvgIpc) is 2.86. The van der Waals surface area contributed by atoms with Gasteiger partial charge in [-0.25, -0.2) is 4.98 Å². The molecule has 6 nitrogen and oxygen atoms in total. The normalized spacial score (nSPS) is 14.5. The molecule has 2 aromatic heterocycles. The van der Waals surface area contributed by atoms with E-state index in [1.165, 1.54) is 0 Å². The van der Waals surface area contributed by atoms with Gasteiger partial charge in [0.1, 0.15) is 5.82 Å². The van der Waals surface area contributed by atoms with E-state index in [1.807, 2.05) is 25.1 Å². The number of pyridine rings is 2. The first-order valence-electron chi connectivity index (χ1n) is 10.0. The molecule has 0 aromatic carbocycles.